The molecule has 1 saturated heterocycles. The maximum absolute atomic E-state index is 11.9. The Hall–Kier alpha value is -1.81. The lowest BCUT2D eigenvalue weighted by Crippen LogP contribution is -2.42. The summed E-state index contributed by atoms with van der Waals surface area (Å²) in [6.07, 6.45) is 3.25. The molecule has 3 rings (SSSR count). The minimum Gasteiger partial charge on any atom is -0.376 e. The number of hydrogen-bond donors (Lipinski definition) is 3. The van der Waals surface area contributed by atoms with Gasteiger partial charge >= 0.3 is 0 Å². The summed E-state index contributed by atoms with van der Waals surface area (Å²) in [5.41, 5.74) is 3.67. The van der Waals surface area contributed by atoms with E-state index in [1.807, 2.05) is 6.07 Å². The third-order valence-electron chi connectivity index (χ3n) is 5.09. The van der Waals surface area contributed by atoms with E-state index in [-0.39, 0.29) is 42.5 Å². The van der Waals surface area contributed by atoms with Crippen molar-refractivity contribution in [3.05, 3.63) is 35.5 Å². The quantitative estimate of drug-likeness (QED) is 0.302. The molecule has 160 valence electrons. The minimum absolute atomic E-state index is 0. The number of aromatic amines is 1. The zero-order valence-corrected chi connectivity index (χ0v) is 19.8. The maximum atomic E-state index is 11.9. The topological polar surface area (TPSA) is 81.8 Å². The first kappa shape index (κ1) is 23.5. The Balaban J connectivity index is 0.00000300. The lowest BCUT2D eigenvalue weighted by Gasteiger charge is -2.16. The number of guanidine groups is 1. The first-order valence-electron chi connectivity index (χ1n) is 9.94. The molecule has 0 saturated carbocycles. The number of likely N-dealkylation sites (N-methyl/N-ethyl adjacent to an activating group) is 1. The number of halogens is 1. The van der Waals surface area contributed by atoms with Crippen molar-refractivity contribution in [2.24, 2.45) is 4.99 Å². The molecule has 1 atom stereocenters. The number of hydrogen-bond acceptors (Lipinski definition) is 3. The number of fused-ring (bicyclic) bond motifs is 1. The number of ether oxygens (including phenoxy) is 1. The molecule has 2 heterocycles. The van der Waals surface area contributed by atoms with Crippen LogP contribution in [0.4, 0.5) is 0 Å². The van der Waals surface area contributed by atoms with Crippen LogP contribution in [0.1, 0.15) is 24.1 Å². The van der Waals surface area contributed by atoms with Crippen molar-refractivity contribution in [3.63, 3.8) is 0 Å². The molecule has 0 spiro atoms. The van der Waals surface area contributed by atoms with Crippen molar-refractivity contribution < 1.29 is 9.53 Å². The van der Waals surface area contributed by atoms with E-state index in [0.29, 0.717) is 12.5 Å². The van der Waals surface area contributed by atoms with Crippen LogP contribution in [-0.2, 0) is 16.0 Å². The van der Waals surface area contributed by atoms with E-state index in [0.717, 1.165) is 37.9 Å². The number of rotatable bonds is 7. The highest BCUT2D eigenvalue weighted by atomic mass is 127. The van der Waals surface area contributed by atoms with E-state index in [1.54, 1.807) is 19.0 Å². The average molecular weight is 513 g/mol. The summed E-state index contributed by atoms with van der Waals surface area (Å²) in [4.78, 5) is 21.3. The molecule has 1 fully saturated rings. The fourth-order valence-corrected chi connectivity index (χ4v) is 3.44. The van der Waals surface area contributed by atoms with Crippen molar-refractivity contribution in [2.45, 2.75) is 32.3 Å². The van der Waals surface area contributed by atoms with Gasteiger partial charge in [-0.2, -0.15) is 0 Å². The lowest BCUT2D eigenvalue weighted by molar-refractivity contribution is -0.127. The Morgan fingerprint density at radius 2 is 2.10 bits per heavy atom. The highest BCUT2D eigenvalue weighted by Gasteiger charge is 2.16. The predicted molar refractivity (Wildman–Crippen MR) is 128 cm³/mol. The summed E-state index contributed by atoms with van der Waals surface area (Å²) in [7, 11) is 3.48. The summed E-state index contributed by atoms with van der Waals surface area (Å²) >= 11 is 0. The van der Waals surface area contributed by atoms with Crippen molar-refractivity contribution in [1.29, 1.82) is 0 Å². The number of benzene rings is 1. The van der Waals surface area contributed by atoms with Gasteiger partial charge in [-0.1, -0.05) is 18.2 Å². The van der Waals surface area contributed by atoms with Gasteiger partial charge in [-0.05, 0) is 37.8 Å². The van der Waals surface area contributed by atoms with Gasteiger partial charge in [0.05, 0.1) is 6.10 Å². The normalized spacial score (nSPS) is 16.5. The van der Waals surface area contributed by atoms with E-state index in [2.05, 4.69) is 45.7 Å². The van der Waals surface area contributed by atoms with Crippen LogP contribution in [0.25, 0.3) is 10.9 Å². The van der Waals surface area contributed by atoms with Crippen LogP contribution in [-0.4, -0.2) is 68.2 Å². The van der Waals surface area contributed by atoms with E-state index in [4.69, 9.17) is 4.74 Å². The van der Waals surface area contributed by atoms with E-state index < -0.39 is 0 Å². The number of aliphatic imine (C=N–C) groups is 1. The number of para-hydroxylation sites is 1. The molecule has 2 aromatic rings. The van der Waals surface area contributed by atoms with Crippen LogP contribution in [0.15, 0.2) is 29.3 Å². The smallest absolute Gasteiger partial charge is 0.243 e. The number of nitrogens with one attached hydrogen (secondary N) is 3. The summed E-state index contributed by atoms with van der Waals surface area (Å²) < 4.78 is 5.67. The molecule has 8 heteroatoms. The number of aryl methyl sites for hydroxylation is 1. The zero-order chi connectivity index (χ0) is 19.9. The average Bonchev–Trinajstić information content (AvgIpc) is 3.30. The molecule has 0 radical (unpaired) electrons. The fourth-order valence-electron chi connectivity index (χ4n) is 3.44. The second-order valence-corrected chi connectivity index (χ2v) is 7.42. The monoisotopic (exact) mass is 513 g/mol. The molecule has 1 aliphatic rings. The first-order chi connectivity index (χ1) is 13.5. The van der Waals surface area contributed by atoms with Crippen LogP contribution in [0.3, 0.4) is 0 Å². The second kappa shape index (κ2) is 11.4. The van der Waals surface area contributed by atoms with Crippen molar-refractivity contribution in [2.75, 3.05) is 40.3 Å². The number of amides is 1. The van der Waals surface area contributed by atoms with Crippen LogP contribution in [0.5, 0.6) is 0 Å². The largest absolute Gasteiger partial charge is 0.376 e. The molecule has 1 aromatic carbocycles. The number of aromatic nitrogens is 1. The van der Waals surface area contributed by atoms with E-state index >= 15 is 0 Å². The molecule has 1 aromatic heterocycles. The Morgan fingerprint density at radius 3 is 2.83 bits per heavy atom. The van der Waals surface area contributed by atoms with Crippen molar-refractivity contribution >= 4 is 46.7 Å². The van der Waals surface area contributed by atoms with Crippen LogP contribution in [0.2, 0.25) is 0 Å². The van der Waals surface area contributed by atoms with Crippen molar-refractivity contribution in [3.8, 4) is 0 Å². The zero-order valence-electron chi connectivity index (χ0n) is 17.5. The van der Waals surface area contributed by atoms with Gasteiger partial charge in [0, 0.05) is 50.4 Å². The summed E-state index contributed by atoms with van der Waals surface area (Å²) in [5, 5.41) is 7.95. The Bertz CT molecular complexity index is 828. The maximum Gasteiger partial charge on any atom is 0.243 e. The van der Waals surface area contributed by atoms with Gasteiger partial charge in [0.1, 0.15) is 6.54 Å². The first-order valence-corrected chi connectivity index (χ1v) is 9.94. The van der Waals surface area contributed by atoms with Crippen LogP contribution < -0.4 is 10.6 Å². The molecular weight excluding hydrogens is 481 g/mol. The minimum atomic E-state index is -0.0225. The van der Waals surface area contributed by atoms with Crippen LogP contribution in [0, 0.1) is 6.92 Å². The van der Waals surface area contributed by atoms with E-state index in [9.17, 15) is 4.79 Å². The van der Waals surface area contributed by atoms with Crippen molar-refractivity contribution in [1.82, 2.24) is 20.5 Å². The van der Waals surface area contributed by atoms with Gasteiger partial charge in [-0.3, -0.25) is 4.79 Å². The number of nitrogens with zero attached hydrogens (tertiary/aromatic N) is 2. The third kappa shape index (κ3) is 6.60. The predicted octanol–water partition coefficient (Wildman–Crippen LogP) is 2.44. The molecule has 1 amide bonds. The number of H-pyrrole nitrogens is 1. The summed E-state index contributed by atoms with van der Waals surface area (Å²) in [6.45, 7) is 4.49. The second-order valence-electron chi connectivity index (χ2n) is 7.42. The summed E-state index contributed by atoms with van der Waals surface area (Å²) in [6, 6.07) is 8.36. The van der Waals surface area contributed by atoms with Gasteiger partial charge in [-0.15, -0.1) is 24.0 Å². The molecule has 0 bridgehead atoms. The van der Waals surface area contributed by atoms with Gasteiger partial charge in [-0.25, -0.2) is 4.99 Å². The molecule has 1 aliphatic heterocycles. The molecule has 7 nitrogen and oxygen atoms in total. The fraction of sp³-hybridized carbons (Fsp3) is 0.524. The lowest BCUT2D eigenvalue weighted by atomic mass is 10.1. The van der Waals surface area contributed by atoms with Crippen LogP contribution >= 0.6 is 24.0 Å². The van der Waals surface area contributed by atoms with Gasteiger partial charge in [0.15, 0.2) is 5.96 Å². The number of carbonyl (C=O) groups excluding carboxylic acids is 1. The standard InChI is InChI=1S/C21H31N5O2.HI/c1-15-17(18-8-4-5-9-19(18)25-15)10-11-22-21(24-14-20(27)26(2)3)23-13-16-7-6-12-28-16;/h4-5,8-9,16,25H,6-7,10-14H2,1-3H3,(H2,22,23,24);1H. The summed E-state index contributed by atoms with van der Waals surface area (Å²) in [5.74, 6) is 0.633. The third-order valence-corrected chi connectivity index (χ3v) is 5.09. The van der Waals surface area contributed by atoms with Gasteiger partial charge in [0.2, 0.25) is 5.91 Å². The van der Waals surface area contributed by atoms with E-state index in [1.165, 1.54) is 16.6 Å². The van der Waals surface area contributed by atoms with Gasteiger partial charge in [0.25, 0.3) is 0 Å². The van der Waals surface area contributed by atoms with Gasteiger partial charge < -0.3 is 25.3 Å². The molecular formula is C21H32IN5O2. The molecule has 1 unspecified atom stereocenters. The Kier molecular flexibility index (Phi) is 9.22. The Morgan fingerprint density at radius 1 is 1.31 bits per heavy atom. The molecule has 29 heavy (non-hydrogen) atoms. The SMILES string of the molecule is Cc1[nH]c2ccccc2c1CCNC(=NCC(=O)N(C)C)NCC1CCCO1.I. The Labute approximate surface area is 189 Å². The molecule has 0 aliphatic carbocycles. The molecule has 3 N–H and O–H groups in total. The highest BCUT2D eigenvalue weighted by molar-refractivity contribution is 14.0. The number of carbonyl (C=O) groups is 1. The highest BCUT2D eigenvalue weighted by Crippen LogP contribution is 2.21.